The summed E-state index contributed by atoms with van der Waals surface area (Å²) in [4.78, 5) is 13.2. The number of rotatable bonds is 7. The van der Waals surface area contributed by atoms with Crippen LogP contribution in [-0.4, -0.2) is 44.0 Å². The average Bonchev–Trinajstić information content (AvgIpc) is 3.18. The van der Waals surface area contributed by atoms with E-state index in [1.165, 1.54) is 4.31 Å². The van der Waals surface area contributed by atoms with Crippen molar-refractivity contribution in [3.8, 4) is 5.75 Å². The maximum Gasteiger partial charge on any atom is 0.248 e. The predicted octanol–water partition coefficient (Wildman–Crippen LogP) is 3.93. The molecule has 0 saturated carbocycles. The molecule has 1 aromatic heterocycles. The molecule has 1 fully saturated rings. The quantitative estimate of drug-likeness (QED) is 0.546. The van der Waals surface area contributed by atoms with E-state index in [2.05, 4.69) is 10.5 Å². The highest BCUT2D eigenvalue weighted by atomic mass is 32.2. The van der Waals surface area contributed by atoms with Gasteiger partial charge < -0.3 is 14.6 Å². The molecule has 34 heavy (non-hydrogen) atoms. The number of piperidine rings is 1. The van der Waals surface area contributed by atoms with Crippen molar-refractivity contribution in [2.24, 2.45) is 5.92 Å². The Morgan fingerprint density at radius 1 is 1.21 bits per heavy atom. The molecule has 1 saturated heterocycles. The third kappa shape index (κ3) is 5.00. The Morgan fingerprint density at radius 3 is 2.65 bits per heavy atom. The summed E-state index contributed by atoms with van der Waals surface area (Å²) >= 11 is 0. The second-order valence-corrected chi connectivity index (χ2v) is 10.4. The first-order chi connectivity index (χ1) is 16.3. The third-order valence-corrected chi connectivity index (χ3v) is 8.22. The van der Waals surface area contributed by atoms with Gasteiger partial charge in [0.15, 0.2) is 5.76 Å². The summed E-state index contributed by atoms with van der Waals surface area (Å²) in [5, 5.41) is 6.74. The summed E-state index contributed by atoms with van der Waals surface area (Å²) < 4.78 is 38.3. The van der Waals surface area contributed by atoms with Crippen LogP contribution in [0.25, 0.3) is 0 Å². The first kappa shape index (κ1) is 24.0. The van der Waals surface area contributed by atoms with E-state index in [0.717, 1.165) is 16.9 Å². The summed E-state index contributed by atoms with van der Waals surface area (Å²) in [6.45, 7) is 3.66. The van der Waals surface area contributed by atoms with Crippen LogP contribution >= 0.6 is 0 Å². The van der Waals surface area contributed by atoms with Gasteiger partial charge in [-0.15, -0.1) is 0 Å². The fraction of sp³-hybridized carbons (Fsp3) is 0.360. The Morgan fingerprint density at radius 2 is 1.97 bits per heavy atom. The molecular weight excluding hydrogens is 454 g/mol. The van der Waals surface area contributed by atoms with Gasteiger partial charge in [-0.1, -0.05) is 35.5 Å². The van der Waals surface area contributed by atoms with E-state index in [1.54, 1.807) is 27.0 Å². The van der Waals surface area contributed by atoms with Crippen molar-refractivity contribution in [2.45, 2.75) is 38.0 Å². The summed E-state index contributed by atoms with van der Waals surface area (Å²) in [6.07, 6.45) is 1.88. The lowest BCUT2D eigenvalue weighted by Gasteiger charge is -2.31. The Bertz CT molecular complexity index is 1250. The molecule has 1 aliphatic rings. The maximum atomic E-state index is 13.2. The number of anilines is 1. The van der Waals surface area contributed by atoms with Gasteiger partial charge in [0.2, 0.25) is 15.9 Å². The van der Waals surface area contributed by atoms with Crippen molar-refractivity contribution in [1.29, 1.82) is 0 Å². The first-order valence-corrected chi connectivity index (χ1v) is 12.7. The van der Waals surface area contributed by atoms with E-state index in [0.29, 0.717) is 37.2 Å². The van der Waals surface area contributed by atoms with E-state index in [-0.39, 0.29) is 23.1 Å². The van der Waals surface area contributed by atoms with Gasteiger partial charge >= 0.3 is 0 Å². The monoisotopic (exact) mass is 483 g/mol. The second kappa shape index (κ2) is 9.99. The van der Waals surface area contributed by atoms with Crippen molar-refractivity contribution in [2.75, 3.05) is 25.5 Å². The average molecular weight is 484 g/mol. The van der Waals surface area contributed by atoms with Crippen molar-refractivity contribution in [1.82, 2.24) is 9.46 Å². The van der Waals surface area contributed by atoms with Crippen molar-refractivity contribution in [3.05, 3.63) is 71.1 Å². The number of methoxy groups -OCH3 is 1. The highest BCUT2D eigenvalue weighted by Gasteiger charge is 2.36. The summed E-state index contributed by atoms with van der Waals surface area (Å²) in [5.41, 5.74) is 3.07. The van der Waals surface area contributed by atoms with Crippen molar-refractivity contribution in [3.63, 3.8) is 0 Å². The molecule has 180 valence electrons. The van der Waals surface area contributed by atoms with Crippen LogP contribution < -0.4 is 10.1 Å². The van der Waals surface area contributed by atoms with Gasteiger partial charge in [0, 0.05) is 30.8 Å². The topological polar surface area (TPSA) is 102 Å². The van der Waals surface area contributed by atoms with Crippen molar-refractivity contribution < 1.29 is 22.5 Å². The Labute approximate surface area is 200 Å². The van der Waals surface area contributed by atoms with Gasteiger partial charge in [-0.3, -0.25) is 4.79 Å². The fourth-order valence-electron chi connectivity index (χ4n) is 4.40. The number of benzene rings is 2. The summed E-state index contributed by atoms with van der Waals surface area (Å²) in [5.74, 6) is 0.350. The molecule has 2 heterocycles. The molecule has 0 radical (unpaired) electrons. The smallest absolute Gasteiger partial charge is 0.248 e. The maximum absolute atomic E-state index is 13.2. The number of amides is 1. The number of aryl methyl sites for hydroxylation is 2. The Balaban J connectivity index is 1.49. The van der Waals surface area contributed by atoms with Crippen LogP contribution in [0, 0.1) is 19.8 Å². The number of carbonyl (C=O) groups is 1. The van der Waals surface area contributed by atoms with Gasteiger partial charge in [0.1, 0.15) is 16.3 Å². The molecule has 3 aromatic rings. The van der Waals surface area contributed by atoms with Gasteiger partial charge in [-0.05, 0) is 50.5 Å². The molecule has 0 aliphatic carbocycles. The van der Waals surface area contributed by atoms with Gasteiger partial charge in [-0.25, -0.2) is 8.42 Å². The largest absolute Gasteiger partial charge is 0.496 e. The normalized spacial score (nSPS) is 16.9. The van der Waals surface area contributed by atoms with Crippen LogP contribution in [-0.2, 0) is 21.2 Å². The molecule has 1 N–H and O–H groups in total. The number of sulfonamides is 1. The minimum atomic E-state index is -3.79. The first-order valence-electron chi connectivity index (χ1n) is 11.2. The van der Waals surface area contributed by atoms with Crippen LogP contribution in [0.5, 0.6) is 5.75 Å². The molecule has 9 heteroatoms. The molecule has 1 amide bonds. The lowest BCUT2D eigenvalue weighted by molar-refractivity contribution is -0.120. The molecule has 2 aromatic carbocycles. The molecule has 1 aliphatic heterocycles. The number of hydrogen-bond donors (Lipinski definition) is 1. The molecule has 0 bridgehead atoms. The van der Waals surface area contributed by atoms with Crippen LogP contribution in [0.4, 0.5) is 5.69 Å². The molecule has 4 rings (SSSR count). The van der Waals surface area contributed by atoms with E-state index < -0.39 is 15.9 Å². The third-order valence-electron chi connectivity index (χ3n) is 6.11. The van der Waals surface area contributed by atoms with Gasteiger partial charge in [-0.2, -0.15) is 4.31 Å². The lowest BCUT2D eigenvalue weighted by atomic mass is 9.98. The van der Waals surface area contributed by atoms with E-state index in [9.17, 15) is 13.2 Å². The molecule has 8 nitrogen and oxygen atoms in total. The number of ether oxygens (including phenoxy) is 1. The van der Waals surface area contributed by atoms with Crippen LogP contribution in [0.1, 0.15) is 35.4 Å². The predicted molar refractivity (Wildman–Crippen MR) is 128 cm³/mol. The Hall–Kier alpha value is -3.17. The summed E-state index contributed by atoms with van der Waals surface area (Å²) in [7, 11) is -2.17. The van der Waals surface area contributed by atoms with E-state index >= 15 is 0 Å². The number of nitrogens with zero attached hydrogens (tertiary/aromatic N) is 2. The zero-order valence-electron chi connectivity index (χ0n) is 19.6. The number of hydrogen-bond acceptors (Lipinski definition) is 6. The van der Waals surface area contributed by atoms with Crippen molar-refractivity contribution >= 4 is 21.6 Å². The number of nitrogens with one attached hydrogen (secondary N) is 1. The number of aromatic nitrogens is 1. The van der Waals surface area contributed by atoms with Crippen LogP contribution in [0.15, 0.2) is 57.9 Å². The molecular formula is C25H29N3O5S. The Kier molecular flexibility index (Phi) is 7.04. The molecule has 1 atom stereocenters. The standard InChI is InChI=1S/C25H29N3O5S/c1-17-24(18(2)33-27-17)34(30,31)28-13-7-10-20(16-28)25(29)26-22-11-12-23(32-3)21(15-22)14-19-8-5-4-6-9-19/h4-6,8-9,11-12,15,20H,7,10,13-14,16H2,1-3H3,(H,26,29). The van der Waals surface area contributed by atoms with Crippen LogP contribution in [0.3, 0.4) is 0 Å². The van der Waals surface area contributed by atoms with Gasteiger partial charge in [0.25, 0.3) is 0 Å². The minimum Gasteiger partial charge on any atom is -0.496 e. The zero-order valence-corrected chi connectivity index (χ0v) is 20.4. The lowest BCUT2D eigenvalue weighted by Crippen LogP contribution is -2.43. The van der Waals surface area contributed by atoms with E-state index in [4.69, 9.17) is 9.26 Å². The fourth-order valence-corrected chi connectivity index (χ4v) is 6.22. The molecule has 1 unspecified atom stereocenters. The SMILES string of the molecule is COc1ccc(NC(=O)C2CCCN(S(=O)(=O)c3c(C)noc3C)C2)cc1Cc1ccccc1. The highest BCUT2D eigenvalue weighted by molar-refractivity contribution is 7.89. The second-order valence-electron chi connectivity index (χ2n) is 8.53. The minimum absolute atomic E-state index is 0.0919. The molecule has 0 spiro atoms. The zero-order chi connectivity index (χ0) is 24.3. The van der Waals surface area contributed by atoms with Crippen LogP contribution in [0.2, 0.25) is 0 Å². The summed E-state index contributed by atoms with van der Waals surface area (Å²) in [6, 6.07) is 15.6. The highest BCUT2D eigenvalue weighted by Crippen LogP contribution is 2.29. The van der Waals surface area contributed by atoms with E-state index in [1.807, 2.05) is 42.5 Å². The number of carbonyl (C=O) groups excluding carboxylic acids is 1. The van der Waals surface area contributed by atoms with Gasteiger partial charge in [0.05, 0.1) is 13.0 Å².